The lowest BCUT2D eigenvalue weighted by Crippen LogP contribution is -2.13. The second-order valence-corrected chi connectivity index (χ2v) is 6.04. The highest BCUT2D eigenvalue weighted by Crippen LogP contribution is 2.32. The second kappa shape index (κ2) is 5.93. The summed E-state index contributed by atoms with van der Waals surface area (Å²) in [6.07, 6.45) is 0. The number of anilines is 2. The molecule has 0 radical (unpaired) electrons. The van der Waals surface area contributed by atoms with Crippen LogP contribution in [0, 0.1) is 12.7 Å². The van der Waals surface area contributed by atoms with E-state index in [1.807, 2.05) is 19.1 Å². The van der Waals surface area contributed by atoms with Crippen LogP contribution in [0.15, 0.2) is 39.3 Å². The molecule has 0 aliphatic rings. The van der Waals surface area contributed by atoms with Gasteiger partial charge in [-0.1, -0.05) is 0 Å². The number of rotatable bonds is 2. The summed E-state index contributed by atoms with van der Waals surface area (Å²) in [7, 11) is 0. The zero-order valence-electron chi connectivity index (χ0n) is 10.5. The Morgan fingerprint density at radius 3 is 2.30 bits per heavy atom. The number of nitrogen functional groups attached to an aromatic ring is 1. The first-order valence-corrected chi connectivity index (χ1v) is 7.28. The fraction of sp³-hybridized carbons (Fsp3) is 0.0714. The molecular formula is C14H11Br2FN2O. The van der Waals surface area contributed by atoms with E-state index in [4.69, 9.17) is 5.73 Å². The summed E-state index contributed by atoms with van der Waals surface area (Å²) in [6.45, 7) is 1.94. The van der Waals surface area contributed by atoms with Crippen molar-refractivity contribution in [2.75, 3.05) is 11.1 Å². The molecule has 20 heavy (non-hydrogen) atoms. The topological polar surface area (TPSA) is 55.1 Å². The first-order chi connectivity index (χ1) is 9.36. The van der Waals surface area contributed by atoms with Crippen molar-refractivity contribution in [3.63, 3.8) is 0 Å². The van der Waals surface area contributed by atoms with E-state index in [-0.39, 0.29) is 11.3 Å². The van der Waals surface area contributed by atoms with E-state index in [0.717, 1.165) is 26.6 Å². The number of carbonyl (C=O) groups is 1. The SMILES string of the molecule is Cc1cc(Br)c(NC(=O)c2cc(N)cc(F)c2)c(Br)c1. The highest BCUT2D eigenvalue weighted by atomic mass is 79.9. The van der Waals surface area contributed by atoms with Crippen LogP contribution in [0.5, 0.6) is 0 Å². The Balaban J connectivity index is 2.32. The van der Waals surface area contributed by atoms with E-state index < -0.39 is 11.7 Å². The van der Waals surface area contributed by atoms with Gasteiger partial charge in [-0.15, -0.1) is 0 Å². The van der Waals surface area contributed by atoms with Gasteiger partial charge < -0.3 is 11.1 Å². The third-order valence-corrected chi connectivity index (χ3v) is 3.86. The van der Waals surface area contributed by atoms with Crippen LogP contribution in [-0.2, 0) is 0 Å². The Morgan fingerprint density at radius 2 is 1.75 bits per heavy atom. The van der Waals surface area contributed by atoms with Crippen molar-refractivity contribution >= 4 is 49.1 Å². The van der Waals surface area contributed by atoms with Crippen molar-refractivity contribution in [1.29, 1.82) is 0 Å². The third-order valence-electron chi connectivity index (χ3n) is 2.61. The number of hydrogen-bond acceptors (Lipinski definition) is 2. The number of nitrogens with one attached hydrogen (secondary N) is 1. The Kier molecular flexibility index (Phi) is 4.45. The second-order valence-electron chi connectivity index (χ2n) is 4.33. The maximum Gasteiger partial charge on any atom is 0.255 e. The van der Waals surface area contributed by atoms with Crippen LogP contribution in [0.2, 0.25) is 0 Å². The zero-order chi connectivity index (χ0) is 14.9. The van der Waals surface area contributed by atoms with Crippen molar-refractivity contribution in [3.05, 3.63) is 56.2 Å². The molecule has 3 nitrogen and oxygen atoms in total. The van der Waals surface area contributed by atoms with E-state index in [0.29, 0.717) is 5.69 Å². The summed E-state index contributed by atoms with van der Waals surface area (Å²) < 4.78 is 14.7. The molecule has 1 amide bonds. The Labute approximate surface area is 132 Å². The number of carbonyl (C=O) groups excluding carboxylic acids is 1. The van der Waals surface area contributed by atoms with Gasteiger partial charge in [-0.3, -0.25) is 4.79 Å². The molecular weight excluding hydrogens is 391 g/mol. The van der Waals surface area contributed by atoms with Crippen molar-refractivity contribution in [1.82, 2.24) is 0 Å². The minimum absolute atomic E-state index is 0.168. The molecule has 104 valence electrons. The summed E-state index contributed by atoms with van der Waals surface area (Å²) in [5, 5.41) is 2.72. The summed E-state index contributed by atoms with van der Waals surface area (Å²) >= 11 is 6.77. The minimum atomic E-state index is -0.544. The zero-order valence-corrected chi connectivity index (χ0v) is 13.7. The number of benzene rings is 2. The predicted molar refractivity (Wildman–Crippen MR) is 85.3 cm³/mol. The van der Waals surface area contributed by atoms with Crippen molar-refractivity contribution < 1.29 is 9.18 Å². The Bertz CT molecular complexity index is 646. The molecule has 0 atom stereocenters. The molecule has 0 bridgehead atoms. The van der Waals surface area contributed by atoms with Gasteiger partial charge in [0.05, 0.1) is 5.69 Å². The molecule has 2 aromatic carbocycles. The smallest absolute Gasteiger partial charge is 0.255 e. The largest absolute Gasteiger partial charge is 0.399 e. The van der Waals surface area contributed by atoms with Gasteiger partial charge in [0.1, 0.15) is 5.82 Å². The molecule has 2 aromatic rings. The molecule has 0 aromatic heterocycles. The first-order valence-electron chi connectivity index (χ1n) is 5.70. The van der Waals surface area contributed by atoms with Crippen molar-refractivity contribution in [2.45, 2.75) is 6.92 Å². The molecule has 0 fully saturated rings. The molecule has 0 saturated heterocycles. The fourth-order valence-corrected chi connectivity index (χ4v) is 3.36. The molecule has 0 aliphatic carbocycles. The van der Waals surface area contributed by atoms with Crippen LogP contribution >= 0.6 is 31.9 Å². The van der Waals surface area contributed by atoms with Crippen LogP contribution in [0.1, 0.15) is 15.9 Å². The van der Waals surface area contributed by atoms with E-state index in [9.17, 15) is 9.18 Å². The van der Waals surface area contributed by atoms with Crippen LogP contribution in [0.4, 0.5) is 15.8 Å². The summed E-state index contributed by atoms with van der Waals surface area (Å²) in [6, 6.07) is 7.48. The molecule has 0 unspecified atom stereocenters. The van der Waals surface area contributed by atoms with Crippen LogP contribution in [-0.4, -0.2) is 5.91 Å². The fourth-order valence-electron chi connectivity index (χ4n) is 1.75. The predicted octanol–water partition coefficient (Wildman–Crippen LogP) is 4.49. The molecule has 2 rings (SSSR count). The average molecular weight is 402 g/mol. The lowest BCUT2D eigenvalue weighted by Gasteiger charge is -2.11. The third kappa shape index (κ3) is 3.37. The maximum atomic E-state index is 13.3. The quantitative estimate of drug-likeness (QED) is 0.728. The molecule has 0 aliphatic heterocycles. The lowest BCUT2D eigenvalue weighted by atomic mass is 10.1. The van der Waals surface area contributed by atoms with E-state index in [1.165, 1.54) is 6.07 Å². The molecule has 6 heteroatoms. The monoisotopic (exact) mass is 400 g/mol. The minimum Gasteiger partial charge on any atom is -0.399 e. The highest BCUT2D eigenvalue weighted by molar-refractivity contribution is 9.11. The lowest BCUT2D eigenvalue weighted by molar-refractivity contribution is 0.102. The van der Waals surface area contributed by atoms with Gasteiger partial charge in [0.25, 0.3) is 5.91 Å². The number of aryl methyl sites for hydroxylation is 1. The molecule has 0 saturated carbocycles. The average Bonchev–Trinajstić information content (AvgIpc) is 2.32. The van der Waals surface area contributed by atoms with Gasteiger partial charge in [-0.2, -0.15) is 0 Å². The first kappa shape index (κ1) is 15.0. The van der Waals surface area contributed by atoms with Crippen LogP contribution in [0.3, 0.4) is 0 Å². The standard InChI is InChI=1S/C14H11Br2FN2O/c1-7-2-11(15)13(12(16)3-7)19-14(20)8-4-9(17)6-10(18)5-8/h2-6H,18H2,1H3,(H,19,20). The molecule has 0 heterocycles. The van der Waals surface area contributed by atoms with Crippen LogP contribution < -0.4 is 11.1 Å². The molecule has 3 N–H and O–H groups in total. The van der Waals surface area contributed by atoms with Gasteiger partial charge >= 0.3 is 0 Å². The summed E-state index contributed by atoms with van der Waals surface area (Å²) in [5.74, 6) is -0.973. The summed E-state index contributed by atoms with van der Waals surface area (Å²) in [5.41, 5.74) is 7.53. The number of halogens is 3. The van der Waals surface area contributed by atoms with Crippen molar-refractivity contribution in [2.24, 2.45) is 0 Å². The van der Waals surface area contributed by atoms with Gasteiger partial charge in [-0.05, 0) is 74.7 Å². The molecule has 0 spiro atoms. The normalized spacial score (nSPS) is 10.4. The van der Waals surface area contributed by atoms with Gasteiger partial charge in [0, 0.05) is 20.2 Å². The van der Waals surface area contributed by atoms with E-state index >= 15 is 0 Å². The Hall–Kier alpha value is -1.40. The van der Waals surface area contributed by atoms with Crippen molar-refractivity contribution in [3.8, 4) is 0 Å². The van der Waals surface area contributed by atoms with E-state index in [2.05, 4.69) is 37.2 Å². The summed E-state index contributed by atoms with van der Waals surface area (Å²) in [4.78, 5) is 12.1. The van der Waals surface area contributed by atoms with Gasteiger partial charge in [0.15, 0.2) is 0 Å². The number of nitrogens with two attached hydrogens (primary N) is 1. The highest BCUT2D eigenvalue weighted by Gasteiger charge is 2.13. The van der Waals surface area contributed by atoms with Crippen LogP contribution in [0.25, 0.3) is 0 Å². The number of hydrogen-bond donors (Lipinski definition) is 2. The van der Waals surface area contributed by atoms with E-state index in [1.54, 1.807) is 0 Å². The van der Waals surface area contributed by atoms with Gasteiger partial charge in [0.2, 0.25) is 0 Å². The van der Waals surface area contributed by atoms with Gasteiger partial charge in [-0.25, -0.2) is 4.39 Å². The number of amides is 1. The Morgan fingerprint density at radius 1 is 1.15 bits per heavy atom. The maximum absolute atomic E-state index is 13.3.